The summed E-state index contributed by atoms with van der Waals surface area (Å²) in [5.74, 6) is -0.359. The first-order valence-electron chi connectivity index (χ1n) is 5.41. The molecule has 1 rings (SSSR count). The van der Waals surface area contributed by atoms with Gasteiger partial charge in [-0.2, -0.15) is 5.26 Å². The fraction of sp³-hybridized carbons (Fsp3) is 0.417. The fourth-order valence-electron chi connectivity index (χ4n) is 1.39. The summed E-state index contributed by atoms with van der Waals surface area (Å²) in [6, 6.07) is 3.18. The Kier molecular flexibility index (Phi) is 4.92. The zero-order valence-electron chi connectivity index (χ0n) is 9.83. The number of pyridine rings is 1. The van der Waals surface area contributed by atoms with Gasteiger partial charge in [0, 0.05) is 11.9 Å². The molecule has 1 atom stereocenters. The monoisotopic (exact) mass is 251 g/mol. The number of nitrogens with zero attached hydrogens (tertiary/aromatic N) is 2. The third kappa shape index (κ3) is 3.72. The van der Waals surface area contributed by atoms with Gasteiger partial charge in [-0.25, -0.2) is 0 Å². The van der Waals surface area contributed by atoms with Crippen LogP contribution in [0.5, 0.6) is 0 Å². The Morgan fingerprint density at radius 1 is 1.71 bits per heavy atom. The number of aromatic nitrogens is 1. The Labute approximate surface area is 106 Å². The highest BCUT2D eigenvalue weighted by Gasteiger charge is 2.15. The van der Waals surface area contributed by atoms with Crippen LogP contribution in [0, 0.1) is 18.3 Å². The fourth-order valence-corrected chi connectivity index (χ4v) is 1.68. The van der Waals surface area contributed by atoms with Crippen LogP contribution in [-0.4, -0.2) is 16.9 Å². The van der Waals surface area contributed by atoms with E-state index in [1.165, 1.54) is 6.20 Å². The molecule has 5 heteroatoms. The van der Waals surface area contributed by atoms with E-state index in [1.54, 1.807) is 13.0 Å². The molecule has 0 bridgehead atoms. The van der Waals surface area contributed by atoms with Crippen LogP contribution in [0.4, 0.5) is 0 Å². The van der Waals surface area contributed by atoms with Gasteiger partial charge in [-0.05, 0) is 19.4 Å². The number of hydrogen-bond acceptors (Lipinski definition) is 3. The molecule has 1 unspecified atom stereocenters. The van der Waals surface area contributed by atoms with E-state index in [0.29, 0.717) is 17.0 Å². The molecule has 1 N–H and O–H groups in total. The molecule has 0 aliphatic carbocycles. The predicted octanol–water partition coefficient (Wildman–Crippen LogP) is 2.47. The van der Waals surface area contributed by atoms with Crippen LogP contribution < -0.4 is 5.32 Å². The largest absolute Gasteiger partial charge is 0.336 e. The molecule has 4 nitrogen and oxygen atoms in total. The van der Waals surface area contributed by atoms with Gasteiger partial charge in [-0.1, -0.05) is 24.9 Å². The molecule has 17 heavy (non-hydrogen) atoms. The van der Waals surface area contributed by atoms with Gasteiger partial charge >= 0.3 is 0 Å². The maximum atomic E-state index is 11.8. The average Bonchev–Trinajstić information content (AvgIpc) is 2.28. The Bertz CT molecular complexity index is 454. The molecule has 0 radical (unpaired) electrons. The van der Waals surface area contributed by atoms with Gasteiger partial charge in [0.15, 0.2) is 0 Å². The molecule has 0 spiro atoms. The molecular formula is C12H14ClN3O. The summed E-state index contributed by atoms with van der Waals surface area (Å²) in [5.41, 5.74) is 1.05. The predicted molar refractivity (Wildman–Crippen MR) is 65.8 cm³/mol. The number of carbonyl (C=O) groups excluding carboxylic acids is 1. The Morgan fingerprint density at radius 2 is 2.41 bits per heavy atom. The Morgan fingerprint density at radius 3 is 2.94 bits per heavy atom. The number of amides is 1. The first kappa shape index (κ1) is 13.5. The first-order chi connectivity index (χ1) is 8.08. The second-order valence-corrected chi connectivity index (χ2v) is 4.16. The van der Waals surface area contributed by atoms with Gasteiger partial charge in [-0.15, -0.1) is 0 Å². The lowest BCUT2D eigenvalue weighted by atomic mass is 10.1. The molecular weight excluding hydrogens is 238 g/mol. The van der Waals surface area contributed by atoms with E-state index in [-0.39, 0.29) is 5.91 Å². The lowest BCUT2D eigenvalue weighted by Gasteiger charge is -2.11. The van der Waals surface area contributed by atoms with Crippen molar-refractivity contribution in [3.8, 4) is 6.07 Å². The number of nitriles is 1. The van der Waals surface area contributed by atoms with Gasteiger partial charge in [0.2, 0.25) is 0 Å². The van der Waals surface area contributed by atoms with Crippen molar-refractivity contribution in [1.82, 2.24) is 10.3 Å². The van der Waals surface area contributed by atoms with Crippen LogP contribution >= 0.6 is 11.6 Å². The van der Waals surface area contributed by atoms with Crippen LogP contribution in [-0.2, 0) is 0 Å². The van der Waals surface area contributed by atoms with Crippen molar-refractivity contribution in [3.63, 3.8) is 0 Å². The van der Waals surface area contributed by atoms with Crippen LogP contribution in [0.15, 0.2) is 12.3 Å². The summed E-state index contributed by atoms with van der Waals surface area (Å²) in [6.07, 6.45) is 2.88. The second-order valence-electron chi connectivity index (χ2n) is 3.75. The third-order valence-electron chi connectivity index (χ3n) is 2.27. The standard InChI is InChI=1S/C12H14ClN3O/c1-3-4-9(6-14)16-12(17)10-7-15-8(2)5-11(10)13/h5,7,9H,3-4H2,1-2H3,(H,16,17). The number of carbonyl (C=O) groups is 1. The molecule has 0 aromatic carbocycles. The van der Waals surface area contributed by atoms with Crippen LogP contribution in [0.3, 0.4) is 0 Å². The van der Waals surface area contributed by atoms with E-state index < -0.39 is 6.04 Å². The maximum Gasteiger partial charge on any atom is 0.255 e. The third-order valence-corrected chi connectivity index (χ3v) is 2.59. The van der Waals surface area contributed by atoms with Crippen molar-refractivity contribution in [3.05, 3.63) is 28.5 Å². The summed E-state index contributed by atoms with van der Waals surface area (Å²) in [4.78, 5) is 15.8. The number of halogens is 1. The number of rotatable bonds is 4. The van der Waals surface area contributed by atoms with Crippen molar-refractivity contribution in [2.24, 2.45) is 0 Å². The molecule has 0 fully saturated rings. The van der Waals surface area contributed by atoms with Gasteiger partial charge in [-0.3, -0.25) is 9.78 Å². The molecule has 0 saturated heterocycles. The summed E-state index contributed by atoms with van der Waals surface area (Å²) in [6.45, 7) is 3.75. The Balaban J connectivity index is 2.79. The number of nitrogens with one attached hydrogen (secondary N) is 1. The molecule has 0 aliphatic rings. The van der Waals surface area contributed by atoms with E-state index in [1.807, 2.05) is 13.0 Å². The second kappa shape index (κ2) is 6.21. The summed E-state index contributed by atoms with van der Waals surface area (Å²) < 4.78 is 0. The lowest BCUT2D eigenvalue weighted by Crippen LogP contribution is -2.33. The van der Waals surface area contributed by atoms with Gasteiger partial charge < -0.3 is 5.32 Å². The minimum Gasteiger partial charge on any atom is -0.336 e. The van der Waals surface area contributed by atoms with Crippen LogP contribution in [0.1, 0.15) is 35.8 Å². The lowest BCUT2D eigenvalue weighted by molar-refractivity contribution is 0.0943. The van der Waals surface area contributed by atoms with Crippen LogP contribution in [0.25, 0.3) is 0 Å². The van der Waals surface area contributed by atoms with Crippen molar-refractivity contribution in [2.75, 3.05) is 0 Å². The quantitative estimate of drug-likeness (QED) is 0.894. The molecule has 1 aromatic heterocycles. The molecule has 0 aliphatic heterocycles. The highest BCUT2D eigenvalue weighted by Crippen LogP contribution is 2.15. The van der Waals surface area contributed by atoms with Gasteiger partial charge in [0.25, 0.3) is 5.91 Å². The van der Waals surface area contributed by atoms with E-state index in [0.717, 1.165) is 12.1 Å². The topological polar surface area (TPSA) is 65.8 Å². The molecule has 90 valence electrons. The number of hydrogen-bond donors (Lipinski definition) is 1. The smallest absolute Gasteiger partial charge is 0.255 e. The first-order valence-corrected chi connectivity index (χ1v) is 5.79. The zero-order chi connectivity index (χ0) is 12.8. The van der Waals surface area contributed by atoms with Gasteiger partial charge in [0.1, 0.15) is 6.04 Å². The van der Waals surface area contributed by atoms with Crippen LogP contribution in [0.2, 0.25) is 5.02 Å². The highest BCUT2D eigenvalue weighted by molar-refractivity contribution is 6.33. The summed E-state index contributed by atoms with van der Waals surface area (Å²) in [5, 5.41) is 11.8. The van der Waals surface area contributed by atoms with Crippen molar-refractivity contribution >= 4 is 17.5 Å². The molecule has 1 amide bonds. The van der Waals surface area contributed by atoms with Crippen molar-refractivity contribution < 1.29 is 4.79 Å². The minimum absolute atomic E-state index is 0.300. The Hall–Kier alpha value is -1.60. The van der Waals surface area contributed by atoms with Crippen molar-refractivity contribution in [2.45, 2.75) is 32.7 Å². The summed E-state index contributed by atoms with van der Waals surface area (Å²) in [7, 11) is 0. The zero-order valence-corrected chi connectivity index (χ0v) is 10.6. The van der Waals surface area contributed by atoms with Gasteiger partial charge in [0.05, 0.1) is 16.7 Å². The normalized spacial score (nSPS) is 11.6. The van der Waals surface area contributed by atoms with E-state index >= 15 is 0 Å². The SMILES string of the molecule is CCCC(C#N)NC(=O)c1cnc(C)cc1Cl. The van der Waals surface area contributed by atoms with E-state index in [4.69, 9.17) is 16.9 Å². The molecule has 0 saturated carbocycles. The number of aryl methyl sites for hydroxylation is 1. The summed E-state index contributed by atoms with van der Waals surface area (Å²) >= 11 is 5.94. The molecule has 1 aromatic rings. The average molecular weight is 252 g/mol. The maximum absolute atomic E-state index is 11.8. The molecule has 1 heterocycles. The highest BCUT2D eigenvalue weighted by atomic mass is 35.5. The van der Waals surface area contributed by atoms with E-state index in [9.17, 15) is 4.79 Å². The minimum atomic E-state index is -0.482. The van der Waals surface area contributed by atoms with Crippen molar-refractivity contribution in [1.29, 1.82) is 5.26 Å². The van der Waals surface area contributed by atoms with E-state index in [2.05, 4.69) is 10.3 Å².